The predicted molar refractivity (Wildman–Crippen MR) is 85.8 cm³/mol. The quantitative estimate of drug-likeness (QED) is 0.785. The van der Waals surface area contributed by atoms with E-state index in [4.69, 9.17) is 9.56 Å². The van der Waals surface area contributed by atoms with Crippen molar-refractivity contribution in [3.05, 3.63) is 70.7 Å². The number of oxazole rings is 1. The van der Waals surface area contributed by atoms with Gasteiger partial charge in [0.25, 0.3) is 0 Å². The Morgan fingerprint density at radius 2 is 1.92 bits per heavy atom. The minimum atomic E-state index is -4.16. The zero-order chi connectivity index (χ0) is 17.5. The zero-order valence-corrected chi connectivity index (χ0v) is 13.4. The third-order valence-electron chi connectivity index (χ3n) is 3.49. The summed E-state index contributed by atoms with van der Waals surface area (Å²) in [6, 6.07) is 10.5. The molecule has 0 saturated carbocycles. The van der Waals surface area contributed by atoms with Gasteiger partial charge in [0.15, 0.2) is 0 Å². The second-order valence-corrected chi connectivity index (χ2v) is 6.78. The van der Waals surface area contributed by atoms with Crippen LogP contribution in [0.4, 0.5) is 4.39 Å². The molecule has 0 atom stereocenters. The van der Waals surface area contributed by atoms with Crippen molar-refractivity contribution in [1.29, 1.82) is 0 Å². The van der Waals surface area contributed by atoms with Gasteiger partial charge in [0, 0.05) is 5.56 Å². The fourth-order valence-electron chi connectivity index (χ4n) is 2.41. The summed E-state index contributed by atoms with van der Waals surface area (Å²) in [5.74, 6) is -1.63. The van der Waals surface area contributed by atoms with Gasteiger partial charge in [0.05, 0.1) is 11.4 Å². The number of benzene rings is 2. The number of hydrogen-bond acceptors (Lipinski definition) is 4. The van der Waals surface area contributed by atoms with E-state index < -0.39 is 26.5 Å². The predicted octanol–water partition coefficient (Wildman–Crippen LogP) is 2.19. The molecule has 6 nitrogen and oxygen atoms in total. The molecular weight excluding hydrogens is 335 g/mol. The molecule has 8 heteroatoms. The first-order valence-electron chi connectivity index (χ1n) is 6.87. The minimum absolute atomic E-state index is 0.284. The number of aromatic nitrogens is 1. The van der Waals surface area contributed by atoms with Gasteiger partial charge in [0.1, 0.15) is 17.0 Å². The number of hydrogen-bond donors (Lipinski definition) is 1. The SMILES string of the molecule is Cc1cccc(-n2c(-c3ccc(S(N)(=O)=O)c(F)c3)coc2=O)c1. The maximum absolute atomic E-state index is 14.1. The molecular formula is C16H13FN2O4S. The van der Waals surface area contributed by atoms with Crippen molar-refractivity contribution in [2.45, 2.75) is 11.8 Å². The van der Waals surface area contributed by atoms with E-state index >= 15 is 0 Å². The number of nitrogens with zero attached hydrogens (tertiary/aromatic N) is 1. The van der Waals surface area contributed by atoms with Crippen LogP contribution in [0.15, 0.2) is 62.8 Å². The highest BCUT2D eigenvalue weighted by Gasteiger charge is 2.18. The molecule has 0 aliphatic rings. The number of nitrogens with two attached hydrogens (primary N) is 1. The second kappa shape index (κ2) is 5.73. The van der Waals surface area contributed by atoms with Gasteiger partial charge in [-0.3, -0.25) is 0 Å². The van der Waals surface area contributed by atoms with Gasteiger partial charge < -0.3 is 4.42 Å². The monoisotopic (exact) mass is 348 g/mol. The van der Waals surface area contributed by atoms with Crippen LogP contribution >= 0.6 is 0 Å². The Morgan fingerprint density at radius 1 is 1.17 bits per heavy atom. The summed E-state index contributed by atoms with van der Waals surface area (Å²) < 4.78 is 42.9. The summed E-state index contributed by atoms with van der Waals surface area (Å²) >= 11 is 0. The van der Waals surface area contributed by atoms with Crippen molar-refractivity contribution >= 4 is 10.0 Å². The smallest absolute Gasteiger partial charge is 0.415 e. The molecule has 0 saturated heterocycles. The third-order valence-corrected chi connectivity index (χ3v) is 4.43. The van der Waals surface area contributed by atoms with E-state index in [1.807, 2.05) is 13.0 Å². The summed E-state index contributed by atoms with van der Waals surface area (Å²) in [5.41, 5.74) is 2.07. The molecule has 1 heterocycles. The van der Waals surface area contributed by atoms with Gasteiger partial charge in [-0.05, 0) is 36.8 Å². The lowest BCUT2D eigenvalue weighted by molar-refractivity contribution is 0.504. The summed E-state index contributed by atoms with van der Waals surface area (Å²) in [6.07, 6.45) is 1.19. The molecule has 0 spiro atoms. The molecule has 124 valence electrons. The Morgan fingerprint density at radius 3 is 2.54 bits per heavy atom. The molecule has 3 aromatic rings. The van der Waals surface area contributed by atoms with E-state index in [0.29, 0.717) is 11.4 Å². The second-order valence-electron chi connectivity index (χ2n) is 5.25. The molecule has 0 unspecified atom stereocenters. The summed E-state index contributed by atoms with van der Waals surface area (Å²) in [6.45, 7) is 1.87. The lowest BCUT2D eigenvalue weighted by atomic mass is 10.1. The maximum atomic E-state index is 14.1. The Balaban J connectivity index is 2.19. The van der Waals surface area contributed by atoms with E-state index in [-0.39, 0.29) is 5.56 Å². The number of aryl methyl sites for hydroxylation is 1. The molecule has 0 radical (unpaired) electrons. The average molecular weight is 348 g/mol. The first kappa shape index (κ1) is 16.2. The first-order valence-corrected chi connectivity index (χ1v) is 8.42. The molecule has 2 N–H and O–H groups in total. The number of rotatable bonds is 3. The largest absolute Gasteiger partial charge is 0.424 e. The van der Waals surface area contributed by atoms with Crippen molar-refractivity contribution < 1.29 is 17.2 Å². The lowest BCUT2D eigenvalue weighted by Crippen LogP contribution is -2.15. The lowest BCUT2D eigenvalue weighted by Gasteiger charge is -2.08. The molecule has 24 heavy (non-hydrogen) atoms. The Hall–Kier alpha value is -2.71. The topological polar surface area (TPSA) is 95.3 Å². The van der Waals surface area contributed by atoms with Crippen molar-refractivity contribution in [2.75, 3.05) is 0 Å². The van der Waals surface area contributed by atoms with E-state index in [9.17, 15) is 17.6 Å². The Bertz CT molecular complexity index is 1080. The third kappa shape index (κ3) is 2.89. The van der Waals surface area contributed by atoms with Crippen molar-refractivity contribution in [2.24, 2.45) is 5.14 Å². The van der Waals surface area contributed by atoms with E-state index in [2.05, 4.69) is 0 Å². The van der Waals surface area contributed by atoms with Crippen LogP contribution in [-0.2, 0) is 10.0 Å². The molecule has 0 amide bonds. The summed E-state index contributed by atoms with van der Waals surface area (Å²) in [4.78, 5) is 11.4. The van der Waals surface area contributed by atoms with Gasteiger partial charge in [0.2, 0.25) is 10.0 Å². The van der Waals surface area contributed by atoms with Crippen LogP contribution in [0.3, 0.4) is 0 Å². The molecule has 0 bridgehead atoms. The first-order chi connectivity index (χ1) is 11.3. The van der Waals surface area contributed by atoms with Gasteiger partial charge in [-0.25, -0.2) is 27.3 Å². The fraction of sp³-hybridized carbons (Fsp3) is 0.0625. The highest BCUT2D eigenvalue weighted by molar-refractivity contribution is 7.89. The molecule has 0 fully saturated rings. The standard InChI is InChI=1S/C16H13FN2O4S/c1-10-3-2-4-12(7-10)19-14(9-23-16(19)20)11-5-6-15(13(17)8-11)24(18,21)22/h2-9H,1H3,(H2,18,21,22). The van der Waals surface area contributed by atoms with Crippen LogP contribution in [0.1, 0.15) is 5.56 Å². The number of primary sulfonamides is 1. The van der Waals surface area contributed by atoms with E-state index in [1.54, 1.807) is 18.2 Å². The van der Waals surface area contributed by atoms with Crippen LogP contribution in [0.5, 0.6) is 0 Å². The van der Waals surface area contributed by atoms with Crippen LogP contribution < -0.4 is 10.9 Å². The summed E-state index contributed by atoms with van der Waals surface area (Å²) in [7, 11) is -4.16. The van der Waals surface area contributed by atoms with E-state index in [1.165, 1.54) is 16.9 Å². The van der Waals surface area contributed by atoms with E-state index in [0.717, 1.165) is 17.7 Å². The molecule has 0 aliphatic heterocycles. The highest BCUT2D eigenvalue weighted by atomic mass is 32.2. The number of sulfonamides is 1. The Labute approximate surface area is 137 Å². The van der Waals surface area contributed by atoms with Gasteiger partial charge in [-0.1, -0.05) is 18.2 Å². The fourth-order valence-corrected chi connectivity index (χ4v) is 3.00. The van der Waals surface area contributed by atoms with Crippen molar-refractivity contribution in [1.82, 2.24) is 4.57 Å². The Kier molecular flexibility index (Phi) is 3.86. The molecule has 0 aliphatic carbocycles. The molecule has 2 aromatic carbocycles. The number of halogens is 1. The van der Waals surface area contributed by atoms with Crippen LogP contribution in [-0.4, -0.2) is 13.0 Å². The van der Waals surface area contributed by atoms with Gasteiger partial charge in [-0.15, -0.1) is 0 Å². The minimum Gasteiger partial charge on any atom is -0.415 e. The maximum Gasteiger partial charge on any atom is 0.424 e. The summed E-state index contributed by atoms with van der Waals surface area (Å²) in [5, 5.41) is 4.95. The zero-order valence-electron chi connectivity index (χ0n) is 12.6. The molecule has 3 rings (SSSR count). The normalized spacial score (nSPS) is 11.6. The van der Waals surface area contributed by atoms with Gasteiger partial charge >= 0.3 is 5.76 Å². The average Bonchev–Trinajstić information content (AvgIpc) is 2.87. The van der Waals surface area contributed by atoms with Gasteiger partial charge in [-0.2, -0.15) is 0 Å². The van der Waals surface area contributed by atoms with Crippen LogP contribution in [0.2, 0.25) is 0 Å². The van der Waals surface area contributed by atoms with Crippen LogP contribution in [0.25, 0.3) is 16.9 Å². The molecule has 1 aromatic heterocycles. The van der Waals surface area contributed by atoms with Crippen LogP contribution in [0, 0.1) is 12.7 Å². The highest BCUT2D eigenvalue weighted by Crippen LogP contribution is 2.25. The van der Waals surface area contributed by atoms with Crippen molar-refractivity contribution in [3.63, 3.8) is 0 Å². The van der Waals surface area contributed by atoms with Crippen molar-refractivity contribution in [3.8, 4) is 16.9 Å².